The van der Waals surface area contributed by atoms with Gasteiger partial charge in [0.1, 0.15) is 10.1 Å². The Morgan fingerprint density at radius 2 is 1.24 bits per heavy atom. The van der Waals surface area contributed by atoms with E-state index in [2.05, 4.69) is 27.7 Å². The SMILES string of the molecule is CC[N+](CC)(CC)CC.CCc1ccc(S(=O)(=O)[O-])cc1. The average Bonchev–Trinajstić information content (AvgIpc) is 2.50. The van der Waals surface area contributed by atoms with Gasteiger partial charge in [-0.15, -0.1) is 0 Å². The predicted octanol–water partition coefficient (Wildman–Crippen LogP) is 3.04. The smallest absolute Gasteiger partial charge is 0.124 e. The molecule has 5 heteroatoms. The molecule has 4 nitrogen and oxygen atoms in total. The number of nitrogens with zero attached hydrogens (tertiary/aromatic N) is 1. The summed E-state index contributed by atoms with van der Waals surface area (Å²) in [6.45, 7) is 16.2. The Morgan fingerprint density at radius 3 is 1.43 bits per heavy atom. The lowest BCUT2D eigenvalue weighted by Crippen LogP contribution is -2.47. The standard InChI is InChI=1S/C8H20N.C8H10O3S/c1-5-9(6-2,7-3)8-4;1-2-7-3-5-8(6-4-7)12(9,10)11/h5-8H2,1-4H3;3-6H,2H2,1H3,(H,9,10,11)/q+1;/p-1. The van der Waals surface area contributed by atoms with Crippen LogP contribution in [0.15, 0.2) is 29.2 Å². The van der Waals surface area contributed by atoms with E-state index in [1.807, 2.05) is 6.92 Å². The van der Waals surface area contributed by atoms with E-state index in [1.165, 1.54) is 42.8 Å². The number of benzene rings is 1. The highest BCUT2D eigenvalue weighted by Crippen LogP contribution is 2.09. The first-order valence-corrected chi connectivity index (χ1v) is 9.09. The summed E-state index contributed by atoms with van der Waals surface area (Å²) >= 11 is 0. The number of hydrogen-bond acceptors (Lipinski definition) is 3. The maximum Gasteiger partial charge on any atom is 0.124 e. The van der Waals surface area contributed by atoms with Crippen molar-refractivity contribution < 1.29 is 17.5 Å². The van der Waals surface area contributed by atoms with E-state index in [4.69, 9.17) is 0 Å². The molecule has 0 aromatic heterocycles. The summed E-state index contributed by atoms with van der Waals surface area (Å²) in [4.78, 5) is -0.167. The number of rotatable bonds is 6. The molecule has 0 radical (unpaired) electrons. The molecule has 0 saturated heterocycles. The summed E-state index contributed by atoms with van der Waals surface area (Å²) in [5.41, 5.74) is 1.02. The highest BCUT2D eigenvalue weighted by molar-refractivity contribution is 7.85. The molecule has 0 amide bonds. The third-order valence-corrected chi connectivity index (χ3v) is 5.15. The fraction of sp³-hybridized carbons (Fsp3) is 0.625. The van der Waals surface area contributed by atoms with Crippen molar-refractivity contribution in [2.75, 3.05) is 26.2 Å². The van der Waals surface area contributed by atoms with Crippen LogP contribution in [0.25, 0.3) is 0 Å². The average molecular weight is 315 g/mol. The lowest BCUT2D eigenvalue weighted by Gasteiger charge is -2.34. The van der Waals surface area contributed by atoms with Gasteiger partial charge in [-0.3, -0.25) is 0 Å². The minimum Gasteiger partial charge on any atom is -0.744 e. The van der Waals surface area contributed by atoms with Crippen molar-refractivity contribution in [2.24, 2.45) is 0 Å². The molecular weight excluding hydrogens is 286 g/mol. The maximum atomic E-state index is 10.5. The van der Waals surface area contributed by atoms with E-state index >= 15 is 0 Å². The van der Waals surface area contributed by atoms with E-state index in [9.17, 15) is 13.0 Å². The summed E-state index contributed by atoms with van der Waals surface area (Å²) in [7, 11) is -4.28. The molecule has 1 aromatic rings. The van der Waals surface area contributed by atoms with Crippen LogP contribution in [0.5, 0.6) is 0 Å². The van der Waals surface area contributed by atoms with Crippen LogP contribution in [0.3, 0.4) is 0 Å². The summed E-state index contributed by atoms with van der Waals surface area (Å²) < 4.78 is 32.7. The van der Waals surface area contributed by atoms with Gasteiger partial charge in [-0.25, -0.2) is 8.42 Å². The molecular formula is C16H29NO3S. The summed E-state index contributed by atoms with van der Waals surface area (Å²) in [5.74, 6) is 0. The molecule has 122 valence electrons. The zero-order chi connectivity index (χ0) is 16.5. The van der Waals surface area contributed by atoms with Crippen LogP contribution in [0.4, 0.5) is 0 Å². The molecule has 0 fully saturated rings. The minimum atomic E-state index is -4.28. The molecule has 0 saturated carbocycles. The van der Waals surface area contributed by atoms with Gasteiger partial charge < -0.3 is 9.04 Å². The second-order valence-electron chi connectivity index (χ2n) is 5.06. The maximum absolute atomic E-state index is 10.5. The van der Waals surface area contributed by atoms with Crippen molar-refractivity contribution in [3.63, 3.8) is 0 Å². The van der Waals surface area contributed by atoms with Gasteiger partial charge in [0.25, 0.3) is 0 Å². The third-order valence-electron chi connectivity index (χ3n) is 4.30. The Kier molecular flexibility index (Phi) is 8.78. The second-order valence-corrected chi connectivity index (χ2v) is 6.44. The van der Waals surface area contributed by atoms with Crippen LogP contribution in [-0.4, -0.2) is 43.6 Å². The van der Waals surface area contributed by atoms with Gasteiger partial charge in [0.15, 0.2) is 0 Å². The Balaban J connectivity index is 0.000000400. The minimum absolute atomic E-state index is 0.167. The Hall–Kier alpha value is -0.910. The first kappa shape index (κ1) is 20.1. The predicted molar refractivity (Wildman–Crippen MR) is 86.2 cm³/mol. The van der Waals surface area contributed by atoms with Gasteiger partial charge in [0, 0.05) is 0 Å². The summed E-state index contributed by atoms with van der Waals surface area (Å²) in [6.07, 6.45) is 0.833. The molecule has 0 unspecified atom stereocenters. The Bertz CT molecular complexity index is 473. The van der Waals surface area contributed by atoms with Crippen LogP contribution >= 0.6 is 0 Å². The normalized spacial score (nSPS) is 11.7. The van der Waals surface area contributed by atoms with E-state index in [1.54, 1.807) is 12.1 Å². The fourth-order valence-corrected chi connectivity index (χ4v) is 2.70. The molecule has 1 rings (SSSR count). The second kappa shape index (κ2) is 9.18. The zero-order valence-corrected chi connectivity index (χ0v) is 14.7. The number of quaternary nitrogens is 1. The largest absolute Gasteiger partial charge is 0.744 e. The van der Waals surface area contributed by atoms with Gasteiger partial charge in [-0.1, -0.05) is 19.1 Å². The van der Waals surface area contributed by atoms with E-state index in [0.717, 1.165) is 12.0 Å². The van der Waals surface area contributed by atoms with Crippen LogP contribution in [0.2, 0.25) is 0 Å². The van der Waals surface area contributed by atoms with Gasteiger partial charge >= 0.3 is 0 Å². The van der Waals surface area contributed by atoms with Crippen molar-refractivity contribution in [1.29, 1.82) is 0 Å². The molecule has 0 heterocycles. The molecule has 0 aliphatic rings. The van der Waals surface area contributed by atoms with Gasteiger partial charge in [0.05, 0.1) is 31.1 Å². The lowest BCUT2D eigenvalue weighted by molar-refractivity contribution is -0.921. The van der Waals surface area contributed by atoms with Crippen molar-refractivity contribution in [1.82, 2.24) is 0 Å². The summed E-state index contributed by atoms with van der Waals surface area (Å²) in [6, 6.07) is 5.96. The molecule has 0 N–H and O–H groups in total. The zero-order valence-electron chi connectivity index (χ0n) is 13.9. The highest BCUT2D eigenvalue weighted by atomic mass is 32.2. The third kappa shape index (κ3) is 6.59. The number of hydrogen-bond donors (Lipinski definition) is 0. The van der Waals surface area contributed by atoms with Crippen LogP contribution in [-0.2, 0) is 16.5 Å². The van der Waals surface area contributed by atoms with E-state index in [0.29, 0.717) is 0 Å². The molecule has 0 bridgehead atoms. The fourth-order valence-electron chi connectivity index (χ4n) is 2.23. The van der Waals surface area contributed by atoms with Crippen molar-refractivity contribution in [2.45, 2.75) is 45.9 Å². The van der Waals surface area contributed by atoms with E-state index in [-0.39, 0.29) is 4.90 Å². The first-order valence-electron chi connectivity index (χ1n) is 7.68. The molecule has 0 atom stereocenters. The molecule has 0 aliphatic heterocycles. The van der Waals surface area contributed by atoms with Crippen molar-refractivity contribution in [3.8, 4) is 0 Å². The Labute approximate surface area is 130 Å². The van der Waals surface area contributed by atoms with Gasteiger partial charge in [-0.2, -0.15) is 0 Å². The van der Waals surface area contributed by atoms with Crippen LogP contribution in [0, 0.1) is 0 Å². The topological polar surface area (TPSA) is 57.2 Å². The van der Waals surface area contributed by atoms with E-state index < -0.39 is 10.1 Å². The Morgan fingerprint density at radius 1 is 0.857 bits per heavy atom. The van der Waals surface area contributed by atoms with Crippen LogP contribution in [0.1, 0.15) is 40.2 Å². The highest BCUT2D eigenvalue weighted by Gasteiger charge is 2.16. The first-order chi connectivity index (χ1) is 9.78. The monoisotopic (exact) mass is 315 g/mol. The lowest BCUT2D eigenvalue weighted by atomic mass is 10.2. The van der Waals surface area contributed by atoms with Crippen molar-refractivity contribution >= 4 is 10.1 Å². The molecule has 0 aliphatic carbocycles. The van der Waals surface area contributed by atoms with Gasteiger partial charge in [0.2, 0.25) is 0 Å². The van der Waals surface area contributed by atoms with Gasteiger partial charge in [-0.05, 0) is 51.8 Å². The van der Waals surface area contributed by atoms with Crippen molar-refractivity contribution in [3.05, 3.63) is 29.8 Å². The quantitative estimate of drug-likeness (QED) is 0.599. The van der Waals surface area contributed by atoms with Crippen LogP contribution < -0.4 is 0 Å². The summed E-state index contributed by atoms with van der Waals surface area (Å²) in [5, 5.41) is 0. The molecule has 0 spiro atoms. The molecule has 21 heavy (non-hydrogen) atoms. The molecule has 1 aromatic carbocycles. The number of aryl methyl sites for hydroxylation is 1.